The highest BCUT2D eigenvalue weighted by atomic mass is 16.5. The molecule has 0 aromatic heterocycles. The second-order valence-corrected chi connectivity index (χ2v) is 5.76. The molecule has 1 fully saturated rings. The topological polar surface area (TPSA) is 24.5 Å². The molecule has 1 N–H and O–H groups in total. The van der Waals surface area contributed by atoms with Crippen LogP contribution in [-0.4, -0.2) is 31.6 Å². The molecule has 0 radical (unpaired) electrons. The van der Waals surface area contributed by atoms with Crippen LogP contribution in [0.15, 0.2) is 30.9 Å². The summed E-state index contributed by atoms with van der Waals surface area (Å²) in [5, 5.41) is 3.33. The first kappa shape index (κ1) is 16.1. The molecular weight excluding hydrogens is 260 g/mol. The van der Waals surface area contributed by atoms with Crippen LogP contribution in [0.1, 0.15) is 36.8 Å². The molecule has 0 atom stereocenters. The zero-order valence-electron chi connectivity index (χ0n) is 13.2. The van der Waals surface area contributed by atoms with Gasteiger partial charge in [0.2, 0.25) is 0 Å². The Bertz CT molecular complexity index is 437. The minimum atomic E-state index is 0.818. The van der Waals surface area contributed by atoms with Crippen molar-refractivity contribution in [3.8, 4) is 5.75 Å². The van der Waals surface area contributed by atoms with E-state index in [1.54, 1.807) is 7.11 Å². The fraction of sp³-hybridized carbons (Fsp3) is 0.556. The first-order valence-electron chi connectivity index (χ1n) is 8.03. The van der Waals surface area contributed by atoms with Gasteiger partial charge < -0.3 is 10.1 Å². The lowest BCUT2D eigenvalue weighted by atomic mass is 10.1. The molecule has 3 nitrogen and oxygen atoms in total. The minimum absolute atomic E-state index is 0.818. The number of hydrogen-bond acceptors (Lipinski definition) is 3. The first-order chi connectivity index (χ1) is 10.3. The van der Waals surface area contributed by atoms with Crippen molar-refractivity contribution < 1.29 is 4.74 Å². The fourth-order valence-corrected chi connectivity index (χ4v) is 2.89. The Morgan fingerprint density at radius 2 is 2.00 bits per heavy atom. The summed E-state index contributed by atoms with van der Waals surface area (Å²) < 4.78 is 5.55. The van der Waals surface area contributed by atoms with Gasteiger partial charge in [0.05, 0.1) is 7.11 Å². The highest BCUT2D eigenvalue weighted by Crippen LogP contribution is 2.22. The lowest BCUT2D eigenvalue weighted by Crippen LogP contribution is -2.24. The van der Waals surface area contributed by atoms with E-state index in [9.17, 15) is 0 Å². The summed E-state index contributed by atoms with van der Waals surface area (Å²) in [6.07, 6.45) is 7.31. The van der Waals surface area contributed by atoms with E-state index in [1.165, 1.54) is 49.9 Å². The highest BCUT2D eigenvalue weighted by Gasteiger charge is 2.11. The smallest absolute Gasteiger partial charge is 0.123 e. The van der Waals surface area contributed by atoms with Gasteiger partial charge in [-0.2, -0.15) is 0 Å². The van der Waals surface area contributed by atoms with Crippen LogP contribution in [0.3, 0.4) is 0 Å². The van der Waals surface area contributed by atoms with Crippen molar-refractivity contribution in [2.75, 3.05) is 26.7 Å². The van der Waals surface area contributed by atoms with Crippen molar-refractivity contribution in [1.82, 2.24) is 10.2 Å². The predicted octanol–water partition coefficient (Wildman–Crippen LogP) is 3.35. The normalized spacial score (nSPS) is 16.4. The molecule has 1 heterocycles. The zero-order chi connectivity index (χ0) is 14.9. The van der Waals surface area contributed by atoms with Crippen LogP contribution in [0.25, 0.3) is 0 Å². The van der Waals surface area contributed by atoms with E-state index in [-0.39, 0.29) is 0 Å². The molecule has 2 rings (SSSR count). The van der Waals surface area contributed by atoms with Crippen molar-refractivity contribution in [2.45, 2.75) is 38.8 Å². The number of likely N-dealkylation sites (tertiary alicyclic amines) is 1. The zero-order valence-corrected chi connectivity index (χ0v) is 13.2. The number of nitrogens with zero attached hydrogens (tertiary/aromatic N) is 1. The maximum atomic E-state index is 5.55. The van der Waals surface area contributed by atoms with E-state index in [0.29, 0.717) is 0 Å². The van der Waals surface area contributed by atoms with Crippen molar-refractivity contribution in [3.63, 3.8) is 0 Å². The minimum Gasteiger partial charge on any atom is -0.496 e. The summed E-state index contributed by atoms with van der Waals surface area (Å²) in [6, 6.07) is 6.61. The molecule has 0 spiro atoms. The first-order valence-corrected chi connectivity index (χ1v) is 8.03. The summed E-state index contributed by atoms with van der Waals surface area (Å²) in [6.45, 7) is 8.85. The quantitative estimate of drug-likeness (QED) is 0.615. The standard InChI is InChI=1S/C18H28N2O/c1-3-10-19-14-17-9-8-16(13-18(17)21-2)15-20-11-6-4-5-7-12-20/h3,8-9,13,19H,1,4-7,10-12,14-15H2,2H3. The van der Waals surface area contributed by atoms with Gasteiger partial charge in [-0.3, -0.25) is 4.90 Å². The van der Waals surface area contributed by atoms with E-state index in [2.05, 4.69) is 35.0 Å². The van der Waals surface area contributed by atoms with Gasteiger partial charge in [0, 0.05) is 25.2 Å². The third-order valence-electron chi connectivity index (χ3n) is 4.06. The molecule has 3 heteroatoms. The Kier molecular flexibility index (Phi) is 6.77. The van der Waals surface area contributed by atoms with Gasteiger partial charge in [0.1, 0.15) is 5.75 Å². The van der Waals surface area contributed by atoms with Crippen LogP contribution < -0.4 is 10.1 Å². The van der Waals surface area contributed by atoms with Crippen molar-refractivity contribution in [1.29, 1.82) is 0 Å². The number of ether oxygens (including phenoxy) is 1. The Morgan fingerprint density at radius 1 is 1.24 bits per heavy atom. The molecule has 0 amide bonds. The van der Waals surface area contributed by atoms with Crippen molar-refractivity contribution >= 4 is 0 Å². The van der Waals surface area contributed by atoms with Crippen LogP contribution in [0.2, 0.25) is 0 Å². The third kappa shape index (κ3) is 5.18. The Balaban J connectivity index is 1.98. The average Bonchev–Trinajstić information content (AvgIpc) is 2.77. The molecule has 116 valence electrons. The lowest BCUT2D eigenvalue weighted by Gasteiger charge is -2.20. The summed E-state index contributed by atoms with van der Waals surface area (Å²) >= 11 is 0. The molecule has 1 aromatic rings. The fourth-order valence-electron chi connectivity index (χ4n) is 2.89. The van der Waals surface area contributed by atoms with Gasteiger partial charge in [-0.15, -0.1) is 6.58 Å². The highest BCUT2D eigenvalue weighted by molar-refractivity contribution is 5.37. The monoisotopic (exact) mass is 288 g/mol. The molecule has 0 saturated carbocycles. The number of benzene rings is 1. The molecule has 1 aliphatic heterocycles. The maximum Gasteiger partial charge on any atom is 0.123 e. The van der Waals surface area contributed by atoms with E-state index < -0.39 is 0 Å². The third-order valence-corrected chi connectivity index (χ3v) is 4.06. The van der Waals surface area contributed by atoms with Gasteiger partial charge in [0.25, 0.3) is 0 Å². The summed E-state index contributed by atoms with van der Waals surface area (Å²) in [5.74, 6) is 0.985. The van der Waals surface area contributed by atoms with Gasteiger partial charge in [-0.1, -0.05) is 31.1 Å². The van der Waals surface area contributed by atoms with Gasteiger partial charge >= 0.3 is 0 Å². The van der Waals surface area contributed by atoms with Gasteiger partial charge in [-0.25, -0.2) is 0 Å². The maximum absolute atomic E-state index is 5.55. The van der Waals surface area contributed by atoms with E-state index in [0.717, 1.165) is 25.4 Å². The second-order valence-electron chi connectivity index (χ2n) is 5.76. The Labute approximate surface area is 129 Å². The van der Waals surface area contributed by atoms with Gasteiger partial charge in [0.15, 0.2) is 0 Å². The van der Waals surface area contributed by atoms with Gasteiger partial charge in [-0.05, 0) is 37.6 Å². The molecule has 21 heavy (non-hydrogen) atoms. The van der Waals surface area contributed by atoms with Crippen molar-refractivity contribution in [3.05, 3.63) is 42.0 Å². The SMILES string of the molecule is C=CCNCc1ccc(CN2CCCCCC2)cc1OC. The number of rotatable bonds is 7. The van der Waals surface area contributed by atoms with Crippen LogP contribution in [0.4, 0.5) is 0 Å². The lowest BCUT2D eigenvalue weighted by molar-refractivity contribution is 0.276. The molecular formula is C18H28N2O. The van der Waals surface area contributed by atoms with Crippen LogP contribution in [0, 0.1) is 0 Å². The Hall–Kier alpha value is -1.32. The predicted molar refractivity (Wildman–Crippen MR) is 88.6 cm³/mol. The largest absolute Gasteiger partial charge is 0.496 e. The molecule has 0 bridgehead atoms. The summed E-state index contributed by atoms with van der Waals surface area (Å²) in [4.78, 5) is 2.57. The number of nitrogens with one attached hydrogen (secondary N) is 1. The number of hydrogen-bond donors (Lipinski definition) is 1. The number of methoxy groups -OCH3 is 1. The molecule has 0 unspecified atom stereocenters. The Morgan fingerprint density at radius 3 is 2.67 bits per heavy atom. The van der Waals surface area contributed by atoms with Crippen LogP contribution >= 0.6 is 0 Å². The summed E-state index contributed by atoms with van der Waals surface area (Å²) in [5.41, 5.74) is 2.56. The molecule has 1 saturated heterocycles. The van der Waals surface area contributed by atoms with E-state index in [4.69, 9.17) is 4.74 Å². The molecule has 1 aliphatic rings. The second kappa shape index (κ2) is 8.85. The van der Waals surface area contributed by atoms with Crippen LogP contribution in [-0.2, 0) is 13.1 Å². The van der Waals surface area contributed by atoms with E-state index in [1.807, 2.05) is 6.08 Å². The van der Waals surface area contributed by atoms with E-state index >= 15 is 0 Å². The molecule has 0 aliphatic carbocycles. The average molecular weight is 288 g/mol. The van der Waals surface area contributed by atoms with Crippen LogP contribution in [0.5, 0.6) is 5.75 Å². The summed E-state index contributed by atoms with van der Waals surface area (Å²) in [7, 11) is 1.75. The van der Waals surface area contributed by atoms with Crippen molar-refractivity contribution in [2.24, 2.45) is 0 Å². The molecule has 1 aromatic carbocycles.